The van der Waals surface area contributed by atoms with Gasteiger partial charge in [0.05, 0.1) is 12.1 Å². The lowest BCUT2D eigenvalue weighted by Gasteiger charge is -2.20. The molecule has 0 aromatic carbocycles. The van der Waals surface area contributed by atoms with Crippen molar-refractivity contribution in [3.05, 3.63) is 21.9 Å². The van der Waals surface area contributed by atoms with Crippen LogP contribution in [0.25, 0.3) is 0 Å². The van der Waals surface area contributed by atoms with Crippen LogP contribution in [0.2, 0.25) is 0 Å². The highest BCUT2D eigenvalue weighted by Crippen LogP contribution is 2.34. The average Bonchev–Trinajstić information content (AvgIpc) is 2.64. The van der Waals surface area contributed by atoms with Crippen LogP contribution < -0.4 is 0 Å². The second-order valence-corrected chi connectivity index (χ2v) is 4.66. The topological polar surface area (TPSA) is 40.5 Å². The van der Waals surface area contributed by atoms with Gasteiger partial charge in [-0.3, -0.25) is 9.69 Å². The summed E-state index contributed by atoms with van der Waals surface area (Å²) in [6, 6.07) is 0. The fourth-order valence-corrected chi connectivity index (χ4v) is 2.51. The maximum atomic E-state index is 12.7. The molecule has 0 radical (unpaired) electrons. The standard InChI is InChI=1S/C11H14F3NO2S/c1-2-3-15(5-10(16)17)4-8-6-18-7-9(8)11(12,13)14/h6-7H,2-5H2,1H3,(H,16,17). The Morgan fingerprint density at radius 2 is 2.11 bits per heavy atom. The van der Waals surface area contributed by atoms with Crippen LogP contribution in [0.4, 0.5) is 13.2 Å². The normalized spacial score (nSPS) is 12.1. The Hall–Kier alpha value is -1.08. The molecule has 0 aliphatic carbocycles. The van der Waals surface area contributed by atoms with E-state index in [0.29, 0.717) is 13.0 Å². The Balaban J connectivity index is 2.81. The minimum Gasteiger partial charge on any atom is -0.480 e. The summed E-state index contributed by atoms with van der Waals surface area (Å²) in [6.07, 6.45) is -3.69. The monoisotopic (exact) mass is 281 g/mol. The second kappa shape index (κ2) is 6.19. The van der Waals surface area contributed by atoms with Crippen molar-refractivity contribution in [1.29, 1.82) is 0 Å². The summed E-state index contributed by atoms with van der Waals surface area (Å²) in [7, 11) is 0. The average molecular weight is 281 g/mol. The molecule has 0 amide bonds. The van der Waals surface area contributed by atoms with E-state index in [-0.39, 0.29) is 18.7 Å². The molecule has 1 heterocycles. The zero-order valence-electron chi connectivity index (χ0n) is 9.83. The summed E-state index contributed by atoms with van der Waals surface area (Å²) < 4.78 is 38.0. The van der Waals surface area contributed by atoms with Gasteiger partial charge in [-0.2, -0.15) is 24.5 Å². The number of aliphatic carboxylic acids is 1. The van der Waals surface area contributed by atoms with Gasteiger partial charge in [0, 0.05) is 11.9 Å². The minimum atomic E-state index is -4.38. The van der Waals surface area contributed by atoms with Crippen LogP contribution in [0.15, 0.2) is 10.8 Å². The highest BCUT2D eigenvalue weighted by atomic mass is 32.1. The molecule has 0 saturated heterocycles. The van der Waals surface area contributed by atoms with E-state index >= 15 is 0 Å². The van der Waals surface area contributed by atoms with Crippen molar-refractivity contribution in [1.82, 2.24) is 4.90 Å². The van der Waals surface area contributed by atoms with Crippen molar-refractivity contribution in [2.75, 3.05) is 13.1 Å². The van der Waals surface area contributed by atoms with Gasteiger partial charge in [0.1, 0.15) is 0 Å². The van der Waals surface area contributed by atoms with Gasteiger partial charge in [-0.25, -0.2) is 0 Å². The molecule has 0 spiro atoms. The molecule has 3 nitrogen and oxygen atoms in total. The zero-order chi connectivity index (χ0) is 13.8. The number of rotatable bonds is 6. The number of nitrogens with zero attached hydrogens (tertiary/aromatic N) is 1. The molecule has 1 N–H and O–H groups in total. The maximum Gasteiger partial charge on any atom is 0.417 e. The molecule has 0 unspecified atom stereocenters. The molecule has 1 rings (SSSR count). The molecule has 0 aliphatic heterocycles. The largest absolute Gasteiger partial charge is 0.480 e. The molecule has 1 aromatic rings. The summed E-state index contributed by atoms with van der Waals surface area (Å²) in [5.74, 6) is -1.03. The number of hydrogen-bond acceptors (Lipinski definition) is 3. The van der Waals surface area contributed by atoms with Crippen LogP contribution in [-0.4, -0.2) is 29.1 Å². The number of halogens is 3. The first kappa shape index (κ1) is 15.0. The predicted octanol–water partition coefficient (Wildman–Crippen LogP) is 3.06. The first-order valence-electron chi connectivity index (χ1n) is 5.41. The molecule has 0 aliphatic rings. The fourth-order valence-electron chi connectivity index (χ4n) is 1.66. The number of carboxylic acid groups (broad SMARTS) is 1. The molecule has 102 valence electrons. The Kier molecular flexibility index (Phi) is 5.15. The second-order valence-electron chi connectivity index (χ2n) is 3.91. The van der Waals surface area contributed by atoms with Gasteiger partial charge >= 0.3 is 12.1 Å². The first-order valence-corrected chi connectivity index (χ1v) is 6.35. The van der Waals surface area contributed by atoms with E-state index in [9.17, 15) is 18.0 Å². The van der Waals surface area contributed by atoms with E-state index in [2.05, 4.69) is 0 Å². The van der Waals surface area contributed by atoms with E-state index in [1.54, 1.807) is 0 Å². The van der Waals surface area contributed by atoms with Crippen molar-refractivity contribution in [2.24, 2.45) is 0 Å². The molecular formula is C11H14F3NO2S. The van der Waals surface area contributed by atoms with E-state index in [4.69, 9.17) is 5.11 Å². The van der Waals surface area contributed by atoms with Crippen LogP contribution in [-0.2, 0) is 17.5 Å². The summed E-state index contributed by atoms with van der Waals surface area (Å²) in [4.78, 5) is 12.1. The highest BCUT2D eigenvalue weighted by Gasteiger charge is 2.34. The number of alkyl halides is 3. The van der Waals surface area contributed by atoms with Gasteiger partial charge < -0.3 is 5.11 Å². The minimum absolute atomic E-state index is 0.0124. The van der Waals surface area contributed by atoms with Crippen molar-refractivity contribution in [2.45, 2.75) is 26.1 Å². The van der Waals surface area contributed by atoms with Crippen molar-refractivity contribution < 1.29 is 23.1 Å². The quantitative estimate of drug-likeness (QED) is 0.871. The van der Waals surface area contributed by atoms with Gasteiger partial charge in [0.15, 0.2) is 0 Å². The molecule has 18 heavy (non-hydrogen) atoms. The predicted molar refractivity (Wildman–Crippen MR) is 62.5 cm³/mol. The van der Waals surface area contributed by atoms with Crippen LogP contribution in [0.1, 0.15) is 24.5 Å². The Morgan fingerprint density at radius 3 is 2.61 bits per heavy atom. The molecule has 7 heteroatoms. The smallest absolute Gasteiger partial charge is 0.417 e. The van der Waals surface area contributed by atoms with Crippen LogP contribution in [0.3, 0.4) is 0 Å². The van der Waals surface area contributed by atoms with Crippen LogP contribution >= 0.6 is 11.3 Å². The van der Waals surface area contributed by atoms with Crippen molar-refractivity contribution in [3.63, 3.8) is 0 Å². The molecule has 0 fully saturated rings. The number of carboxylic acids is 1. The van der Waals surface area contributed by atoms with Gasteiger partial charge in [-0.05, 0) is 23.9 Å². The van der Waals surface area contributed by atoms with Gasteiger partial charge in [-0.15, -0.1) is 0 Å². The zero-order valence-corrected chi connectivity index (χ0v) is 10.6. The van der Waals surface area contributed by atoms with Gasteiger partial charge in [0.2, 0.25) is 0 Å². The number of carbonyl (C=O) groups is 1. The van der Waals surface area contributed by atoms with Crippen molar-refractivity contribution in [3.8, 4) is 0 Å². The first-order chi connectivity index (χ1) is 8.34. The van der Waals surface area contributed by atoms with Gasteiger partial charge in [-0.1, -0.05) is 6.92 Å². The van der Waals surface area contributed by atoms with E-state index < -0.39 is 17.7 Å². The third kappa shape index (κ3) is 4.30. The van der Waals surface area contributed by atoms with E-state index in [1.807, 2.05) is 6.92 Å². The summed E-state index contributed by atoms with van der Waals surface area (Å²) >= 11 is 0.978. The molecular weight excluding hydrogens is 267 g/mol. The van der Waals surface area contributed by atoms with E-state index in [0.717, 1.165) is 16.7 Å². The lowest BCUT2D eigenvalue weighted by atomic mass is 10.2. The molecule has 0 atom stereocenters. The summed E-state index contributed by atoms with van der Waals surface area (Å²) in [6.45, 7) is 2.08. The maximum absolute atomic E-state index is 12.7. The molecule has 1 aromatic heterocycles. The highest BCUT2D eigenvalue weighted by molar-refractivity contribution is 7.08. The SMILES string of the molecule is CCCN(CC(=O)O)Cc1cscc1C(F)(F)F. The number of hydrogen-bond donors (Lipinski definition) is 1. The van der Waals surface area contributed by atoms with Crippen LogP contribution in [0.5, 0.6) is 0 Å². The molecule has 0 bridgehead atoms. The Bertz CT molecular complexity index is 403. The summed E-state index contributed by atoms with van der Waals surface area (Å²) in [5, 5.41) is 11.2. The lowest BCUT2D eigenvalue weighted by Crippen LogP contribution is -2.30. The third-order valence-electron chi connectivity index (χ3n) is 2.34. The van der Waals surface area contributed by atoms with E-state index in [1.165, 1.54) is 10.3 Å². The number of thiophene rings is 1. The third-order valence-corrected chi connectivity index (χ3v) is 3.13. The van der Waals surface area contributed by atoms with Crippen molar-refractivity contribution >= 4 is 17.3 Å². The molecule has 0 saturated carbocycles. The fraction of sp³-hybridized carbons (Fsp3) is 0.545. The van der Waals surface area contributed by atoms with Crippen LogP contribution in [0, 0.1) is 0 Å². The lowest BCUT2D eigenvalue weighted by molar-refractivity contribution is -0.138. The Morgan fingerprint density at radius 1 is 1.44 bits per heavy atom. The summed E-state index contributed by atoms with van der Waals surface area (Å²) in [5.41, 5.74) is -0.527. The Labute approximate surface area is 107 Å². The van der Waals surface area contributed by atoms with Gasteiger partial charge in [0.25, 0.3) is 0 Å².